The first kappa shape index (κ1) is 40.5. The third-order valence-electron chi connectivity index (χ3n) is 13.9. The summed E-state index contributed by atoms with van der Waals surface area (Å²) in [6.07, 6.45) is 7.24. The number of carbonyl (C=O) groups is 4. The summed E-state index contributed by atoms with van der Waals surface area (Å²) in [6.45, 7) is 10.9. The van der Waals surface area contributed by atoms with Crippen LogP contribution in [0.4, 0.5) is 21.5 Å². The first-order valence-corrected chi connectivity index (χ1v) is 21.8. The molecule has 316 valence electrons. The Kier molecular flexibility index (Phi) is 10.5. The van der Waals surface area contributed by atoms with E-state index in [-0.39, 0.29) is 41.1 Å². The van der Waals surface area contributed by atoms with E-state index in [1.165, 1.54) is 25.3 Å². The molecule has 2 N–H and O–H groups in total. The van der Waals surface area contributed by atoms with Crippen molar-refractivity contribution in [3.05, 3.63) is 94.1 Å². The molecule has 3 aromatic carbocycles. The monoisotopic (exact) mass is 825 g/mol. The second-order valence-electron chi connectivity index (χ2n) is 17.9. The summed E-state index contributed by atoms with van der Waals surface area (Å²) < 4.78 is 20.9. The second kappa shape index (κ2) is 15.9. The lowest BCUT2D eigenvalue weighted by atomic mass is 9.81. The number of benzene rings is 3. The molecule has 4 fully saturated rings. The molecule has 3 aliphatic heterocycles. The molecule has 2 aliphatic carbocycles. The fourth-order valence-corrected chi connectivity index (χ4v) is 10.2. The lowest BCUT2D eigenvalue weighted by Crippen LogP contribution is -2.60. The highest BCUT2D eigenvalue weighted by Gasteiger charge is 2.55. The van der Waals surface area contributed by atoms with Gasteiger partial charge in [0.1, 0.15) is 17.6 Å². The molecule has 12 nitrogen and oxygen atoms in total. The van der Waals surface area contributed by atoms with Crippen molar-refractivity contribution in [1.29, 1.82) is 5.26 Å². The smallest absolute Gasteiger partial charge is 0.262 e. The molecule has 4 amide bonds. The van der Waals surface area contributed by atoms with Crippen molar-refractivity contribution < 1.29 is 28.1 Å². The van der Waals surface area contributed by atoms with Crippen LogP contribution >= 0.6 is 0 Å². The molecule has 2 saturated carbocycles. The summed E-state index contributed by atoms with van der Waals surface area (Å²) in [5.41, 5.74) is 7.12. The number of rotatable bonds is 14. The Labute approximate surface area is 355 Å². The summed E-state index contributed by atoms with van der Waals surface area (Å²) in [6, 6.07) is 19.6. The number of hydrogen-bond acceptors (Lipinski definition) is 10. The maximum absolute atomic E-state index is 15.4. The minimum Gasteiger partial charge on any atom is -0.380 e. The molecule has 2 saturated heterocycles. The SMILES string of the molecule is CCCCCC1CC1(C#N)c1ccc(N(CC2CN([C@H]3C[C@H](Nc4cc5c(cc4F)C(=O)N(C4CCC(=O)NC4=O)C5=O)C3)C2)c2cc(-c3c(C)noc3C)ccc2C)cc1. The third-order valence-corrected chi connectivity index (χ3v) is 13.9. The van der Waals surface area contributed by atoms with Crippen molar-refractivity contribution in [1.82, 2.24) is 20.3 Å². The number of imide groups is 2. The van der Waals surface area contributed by atoms with Crippen LogP contribution in [-0.2, 0) is 15.0 Å². The summed E-state index contributed by atoms with van der Waals surface area (Å²) in [5.74, 6) is -1.58. The van der Waals surface area contributed by atoms with Gasteiger partial charge in [-0.15, -0.1) is 0 Å². The average Bonchev–Trinajstić information content (AvgIpc) is 3.76. The highest BCUT2D eigenvalue weighted by molar-refractivity contribution is 6.23. The van der Waals surface area contributed by atoms with Gasteiger partial charge in [0.15, 0.2) is 0 Å². The third kappa shape index (κ3) is 7.28. The molecule has 0 radical (unpaired) electrons. The molecule has 9 rings (SSSR count). The Bertz CT molecular complexity index is 2440. The lowest BCUT2D eigenvalue weighted by Gasteiger charge is -2.52. The van der Waals surface area contributed by atoms with Gasteiger partial charge in [-0.1, -0.05) is 55.6 Å². The number of aromatic nitrogens is 1. The minimum atomic E-state index is -1.11. The Morgan fingerprint density at radius 1 is 1.00 bits per heavy atom. The summed E-state index contributed by atoms with van der Waals surface area (Å²) in [5, 5.41) is 20.0. The van der Waals surface area contributed by atoms with Gasteiger partial charge in [0, 0.05) is 61.0 Å². The van der Waals surface area contributed by atoms with Gasteiger partial charge in [-0.25, -0.2) is 4.39 Å². The minimum absolute atomic E-state index is 0.00538. The fourth-order valence-electron chi connectivity index (χ4n) is 10.2. The van der Waals surface area contributed by atoms with E-state index in [4.69, 9.17) is 4.52 Å². The molecule has 0 bridgehead atoms. The van der Waals surface area contributed by atoms with Crippen LogP contribution in [0.25, 0.3) is 11.1 Å². The maximum Gasteiger partial charge on any atom is 0.262 e. The van der Waals surface area contributed by atoms with Crippen molar-refractivity contribution in [3.8, 4) is 17.2 Å². The molecule has 3 unspecified atom stereocenters. The van der Waals surface area contributed by atoms with Gasteiger partial charge in [0.2, 0.25) is 11.8 Å². The normalized spacial score (nSPS) is 24.8. The highest BCUT2D eigenvalue weighted by atomic mass is 19.1. The number of hydrogen-bond donors (Lipinski definition) is 2. The van der Waals surface area contributed by atoms with Gasteiger partial charge >= 0.3 is 0 Å². The zero-order valence-electron chi connectivity index (χ0n) is 35.2. The van der Waals surface area contributed by atoms with E-state index in [9.17, 15) is 24.4 Å². The largest absolute Gasteiger partial charge is 0.380 e. The predicted molar refractivity (Wildman–Crippen MR) is 228 cm³/mol. The van der Waals surface area contributed by atoms with Crippen molar-refractivity contribution in [2.24, 2.45) is 11.8 Å². The van der Waals surface area contributed by atoms with E-state index < -0.39 is 35.5 Å². The van der Waals surface area contributed by atoms with Gasteiger partial charge in [-0.05, 0) is 106 Å². The van der Waals surface area contributed by atoms with Gasteiger partial charge < -0.3 is 14.7 Å². The first-order valence-electron chi connectivity index (χ1n) is 21.8. The number of aryl methyl sites for hydroxylation is 3. The summed E-state index contributed by atoms with van der Waals surface area (Å²) in [7, 11) is 0. The van der Waals surface area contributed by atoms with Crippen LogP contribution in [0.2, 0.25) is 0 Å². The Balaban J connectivity index is 0.865. The van der Waals surface area contributed by atoms with Crippen molar-refractivity contribution in [2.45, 2.75) is 109 Å². The van der Waals surface area contributed by atoms with Gasteiger partial charge in [-0.3, -0.25) is 34.3 Å². The van der Waals surface area contributed by atoms with Crippen LogP contribution in [0.5, 0.6) is 0 Å². The number of fused-ring (bicyclic) bond motifs is 1. The van der Waals surface area contributed by atoms with E-state index in [2.05, 4.69) is 88.0 Å². The Morgan fingerprint density at radius 2 is 1.74 bits per heavy atom. The quantitative estimate of drug-likeness (QED) is 0.0949. The number of nitrogens with zero attached hydrogens (tertiary/aromatic N) is 5. The van der Waals surface area contributed by atoms with E-state index in [0.717, 1.165) is 101 Å². The number of likely N-dealkylation sites (tertiary alicyclic amines) is 1. The topological polar surface area (TPSA) is 152 Å². The molecular weight excluding hydrogens is 774 g/mol. The molecule has 4 aromatic rings. The van der Waals surface area contributed by atoms with E-state index >= 15 is 4.39 Å². The molecule has 3 atom stereocenters. The van der Waals surface area contributed by atoms with Crippen LogP contribution in [0.15, 0.2) is 59.1 Å². The van der Waals surface area contributed by atoms with Gasteiger partial charge in [0.05, 0.1) is 34.0 Å². The number of nitrogens with one attached hydrogen (secondary N) is 2. The molecular formula is C48H52FN7O5. The van der Waals surface area contributed by atoms with Crippen LogP contribution in [-0.4, -0.2) is 76.3 Å². The van der Waals surface area contributed by atoms with Crippen LogP contribution in [0.3, 0.4) is 0 Å². The molecule has 61 heavy (non-hydrogen) atoms. The zero-order chi connectivity index (χ0) is 42.7. The number of piperidine rings is 1. The average molecular weight is 826 g/mol. The predicted octanol–water partition coefficient (Wildman–Crippen LogP) is 7.88. The lowest BCUT2D eigenvalue weighted by molar-refractivity contribution is -0.136. The summed E-state index contributed by atoms with van der Waals surface area (Å²) in [4.78, 5) is 56.4. The van der Waals surface area contributed by atoms with Crippen molar-refractivity contribution in [2.75, 3.05) is 29.9 Å². The molecule has 4 heterocycles. The molecule has 1 aromatic heterocycles. The number of unbranched alkanes of at least 4 members (excludes halogenated alkanes) is 2. The number of nitriles is 1. The molecule has 0 spiro atoms. The number of carbonyl (C=O) groups excluding carboxylic acids is 4. The molecule has 5 aliphatic rings. The van der Waals surface area contributed by atoms with Crippen LogP contribution in [0, 0.1) is 49.8 Å². The number of halogens is 1. The van der Waals surface area contributed by atoms with Crippen LogP contribution in [0.1, 0.15) is 108 Å². The number of amides is 4. The second-order valence-corrected chi connectivity index (χ2v) is 17.9. The standard InChI is InChI=1S/C48H52FN7O5/c1-5-6-7-8-33-22-48(33,26-50)32-11-13-35(14-12-32)55(42-17-31(10-9-27(42)2)44-28(3)53-61-29(44)4)25-30-23-54(24-30)36-18-34(19-36)51-40-21-38-37(20-39(40)49)46(59)56(47(38)60)41-15-16-43(57)52-45(41)58/h9-14,17,20-21,30,33-34,36,41,51H,5-8,15-16,18-19,22-25H2,1-4H3,(H,52,57,58)/t33?,34-,36-,41?,48?. The highest BCUT2D eigenvalue weighted by Crippen LogP contribution is 2.56. The zero-order valence-corrected chi connectivity index (χ0v) is 35.2. The Morgan fingerprint density at radius 3 is 2.41 bits per heavy atom. The van der Waals surface area contributed by atoms with Crippen LogP contribution < -0.4 is 15.5 Å². The Hall–Kier alpha value is -5.87. The van der Waals surface area contributed by atoms with E-state index in [1.54, 1.807) is 0 Å². The fraction of sp³-hybridized carbons (Fsp3) is 0.458. The van der Waals surface area contributed by atoms with Crippen molar-refractivity contribution in [3.63, 3.8) is 0 Å². The number of anilines is 3. The summed E-state index contributed by atoms with van der Waals surface area (Å²) >= 11 is 0. The first-order chi connectivity index (χ1) is 29.4. The maximum atomic E-state index is 15.4. The van der Waals surface area contributed by atoms with Gasteiger partial charge in [0.25, 0.3) is 11.8 Å². The van der Waals surface area contributed by atoms with E-state index in [1.807, 2.05) is 13.8 Å². The van der Waals surface area contributed by atoms with Crippen molar-refractivity contribution >= 4 is 40.7 Å². The molecule has 13 heteroatoms. The van der Waals surface area contributed by atoms with E-state index in [0.29, 0.717) is 17.9 Å². The van der Waals surface area contributed by atoms with Gasteiger partial charge in [-0.2, -0.15) is 5.26 Å².